The second kappa shape index (κ2) is 8.03. The van der Waals surface area contributed by atoms with E-state index < -0.39 is 0 Å². The lowest BCUT2D eigenvalue weighted by Gasteiger charge is -2.16. The zero-order chi connectivity index (χ0) is 15.1. The average Bonchev–Trinajstić information content (AvgIpc) is 2.99. The van der Waals surface area contributed by atoms with E-state index in [9.17, 15) is 4.79 Å². The van der Waals surface area contributed by atoms with Crippen molar-refractivity contribution in [1.82, 2.24) is 5.32 Å². The van der Waals surface area contributed by atoms with Gasteiger partial charge in [0.15, 0.2) is 0 Å². The highest BCUT2D eigenvalue weighted by atomic mass is 16.5. The summed E-state index contributed by atoms with van der Waals surface area (Å²) >= 11 is 0. The van der Waals surface area contributed by atoms with Gasteiger partial charge >= 0.3 is 0 Å². The number of amides is 1. The van der Waals surface area contributed by atoms with E-state index >= 15 is 0 Å². The van der Waals surface area contributed by atoms with E-state index in [2.05, 4.69) is 5.32 Å². The predicted molar refractivity (Wildman–Crippen MR) is 82.5 cm³/mol. The Morgan fingerprint density at radius 2 is 2.19 bits per heavy atom. The number of ether oxygens (including phenoxy) is 2. The molecule has 21 heavy (non-hydrogen) atoms. The fourth-order valence-electron chi connectivity index (χ4n) is 2.40. The fourth-order valence-corrected chi connectivity index (χ4v) is 2.40. The molecule has 0 bridgehead atoms. The Labute approximate surface area is 126 Å². The van der Waals surface area contributed by atoms with E-state index in [4.69, 9.17) is 9.47 Å². The maximum absolute atomic E-state index is 11.8. The maximum Gasteiger partial charge on any atom is 0.220 e. The molecule has 0 radical (unpaired) electrons. The van der Waals surface area contributed by atoms with Crippen LogP contribution < -0.4 is 10.1 Å². The molecule has 1 fully saturated rings. The Kier molecular flexibility index (Phi) is 6.05. The lowest BCUT2D eigenvalue weighted by molar-refractivity contribution is -0.122. The minimum Gasteiger partial charge on any atom is -0.489 e. The van der Waals surface area contributed by atoms with E-state index in [1.165, 1.54) is 5.56 Å². The van der Waals surface area contributed by atoms with Crippen LogP contribution in [0.3, 0.4) is 0 Å². The van der Waals surface area contributed by atoms with Gasteiger partial charge in [0, 0.05) is 13.0 Å². The summed E-state index contributed by atoms with van der Waals surface area (Å²) in [6.45, 7) is 5.37. The van der Waals surface area contributed by atoms with Crippen LogP contribution in [0.1, 0.15) is 38.2 Å². The Balaban J connectivity index is 1.62. The maximum atomic E-state index is 11.8. The first-order valence-corrected chi connectivity index (χ1v) is 7.75. The molecular weight excluding hydrogens is 266 g/mol. The van der Waals surface area contributed by atoms with Crippen molar-refractivity contribution < 1.29 is 14.3 Å². The number of aryl methyl sites for hydroxylation is 1. The van der Waals surface area contributed by atoms with Crippen molar-refractivity contribution in [3.05, 3.63) is 29.8 Å². The van der Waals surface area contributed by atoms with Crippen molar-refractivity contribution in [2.24, 2.45) is 0 Å². The standard InChI is InChI=1S/C17H25NO3/c1-13-5-7-16(8-6-13)21-14(2)12-18-17(19)10-9-15-4-3-11-20-15/h5-8,14-15H,3-4,9-12H2,1-2H3,(H,18,19)/t14-,15-/m1/s1. The first kappa shape index (κ1) is 15.8. The minimum atomic E-state index is -0.0422. The molecule has 116 valence electrons. The Hall–Kier alpha value is -1.55. The molecule has 4 nitrogen and oxygen atoms in total. The van der Waals surface area contributed by atoms with Crippen molar-refractivity contribution in [2.45, 2.75) is 51.7 Å². The van der Waals surface area contributed by atoms with Crippen molar-refractivity contribution in [3.63, 3.8) is 0 Å². The molecule has 2 rings (SSSR count). The Morgan fingerprint density at radius 1 is 1.43 bits per heavy atom. The topological polar surface area (TPSA) is 47.6 Å². The molecule has 2 atom stereocenters. The van der Waals surface area contributed by atoms with E-state index in [-0.39, 0.29) is 18.1 Å². The molecule has 1 aliphatic rings. The van der Waals surface area contributed by atoms with Gasteiger partial charge in [0.25, 0.3) is 0 Å². The number of hydrogen-bond donors (Lipinski definition) is 1. The summed E-state index contributed by atoms with van der Waals surface area (Å²) in [5.74, 6) is 0.909. The SMILES string of the molecule is Cc1ccc(O[C@H](C)CNC(=O)CC[C@H]2CCCO2)cc1. The van der Waals surface area contributed by atoms with Crippen LogP contribution in [0, 0.1) is 6.92 Å². The van der Waals surface area contributed by atoms with Gasteiger partial charge in [-0.15, -0.1) is 0 Å². The van der Waals surface area contributed by atoms with Crippen LogP contribution in [0.4, 0.5) is 0 Å². The largest absolute Gasteiger partial charge is 0.489 e. The van der Waals surface area contributed by atoms with Crippen molar-refractivity contribution in [2.75, 3.05) is 13.2 Å². The summed E-state index contributed by atoms with van der Waals surface area (Å²) in [4.78, 5) is 11.8. The summed E-state index contributed by atoms with van der Waals surface area (Å²) in [6, 6.07) is 7.93. The van der Waals surface area contributed by atoms with Gasteiger partial charge in [-0.1, -0.05) is 17.7 Å². The van der Waals surface area contributed by atoms with Gasteiger partial charge in [-0.05, 0) is 45.2 Å². The monoisotopic (exact) mass is 291 g/mol. The number of hydrogen-bond acceptors (Lipinski definition) is 3. The van der Waals surface area contributed by atoms with Crippen LogP contribution >= 0.6 is 0 Å². The molecule has 1 aromatic rings. The second-order valence-electron chi connectivity index (χ2n) is 5.72. The van der Waals surface area contributed by atoms with Crippen molar-refractivity contribution in [3.8, 4) is 5.75 Å². The molecule has 1 saturated heterocycles. The molecule has 0 spiro atoms. The van der Waals surface area contributed by atoms with Crippen LogP contribution in [0.15, 0.2) is 24.3 Å². The number of rotatable bonds is 7. The van der Waals surface area contributed by atoms with Crippen LogP contribution in [-0.4, -0.2) is 31.3 Å². The third-order valence-corrected chi connectivity index (χ3v) is 3.66. The molecular formula is C17H25NO3. The van der Waals surface area contributed by atoms with Crippen LogP contribution in [0.25, 0.3) is 0 Å². The molecule has 1 aromatic carbocycles. The lowest BCUT2D eigenvalue weighted by Crippen LogP contribution is -2.33. The van der Waals surface area contributed by atoms with Gasteiger partial charge in [-0.25, -0.2) is 0 Å². The summed E-state index contributed by atoms with van der Waals surface area (Å²) in [5.41, 5.74) is 1.21. The van der Waals surface area contributed by atoms with Gasteiger partial charge in [0.1, 0.15) is 11.9 Å². The summed E-state index contributed by atoms with van der Waals surface area (Å²) in [5, 5.41) is 2.92. The highest BCUT2D eigenvalue weighted by Crippen LogP contribution is 2.16. The Morgan fingerprint density at radius 3 is 2.86 bits per heavy atom. The molecule has 0 aromatic heterocycles. The minimum absolute atomic E-state index is 0.0422. The van der Waals surface area contributed by atoms with E-state index in [0.29, 0.717) is 13.0 Å². The van der Waals surface area contributed by atoms with E-state index in [1.54, 1.807) is 0 Å². The Bertz CT molecular complexity index is 438. The smallest absolute Gasteiger partial charge is 0.220 e. The second-order valence-corrected chi connectivity index (χ2v) is 5.72. The normalized spacial score (nSPS) is 19.2. The number of benzene rings is 1. The first-order valence-electron chi connectivity index (χ1n) is 7.75. The van der Waals surface area contributed by atoms with Gasteiger partial charge in [-0.3, -0.25) is 4.79 Å². The van der Waals surface area contributed by atoms with Crippen molar-refractivity contribution in [1.29, 1.82) is 0 Å². The van der Waals surface area contributed by atoms with Crippen LogP contribution in [0.2, 0.25) is 0 Å². The zero-order valence-electron chi connectivity index (χ0n) is 12.9. The van der Waals surface area contributed by atoms with Crippen LogP contribution in [0.5, 0.6) is 5.75 Å². The molecule has 4 heteroatoms. The number of carbonyl (C=O) groups is 1. The van der Waals surface area contributed by atoms with Crippen LogP contribution in [-0.2, 0) is 9.53 Å². The molecule has 0 unspecified atom stereocenters. The quantitative estimate of drug-likeness (QED) is 0.840. The van der Waals surface area contributed by atoms with Gasteiger partial charge < -0.3 is 14.8 Å². The van der Waals surface area contributed by atoms with Gasteiger partial charge in [0.2, 0.25) is 5.91 Å². The fraction of sp³-hybridized carbons (Fsp3) is 0.588. The molecule has 0 saturated carbocycles. The lowest BCUT2D eigenvalue weighted by atomic mass is 10.1. The molecule has 1 aliphatic heterocycles. The molecule has 1 N–H and O–H groups in total. The molecule has 1 heterocycles. The van der Waals surface area contributed by atoms with E-state index in [1.807, 2.05) is 38.1 Å². The highest BCUT2D eigenvalue weighted by Gasteiger charge is 2.16. The van der Waals surface area contributed by atoms with Gasteiger partial charge in [-0.2, -0.15) is 0 Å². The highest BCUT2D eigenvalue weighted by molar-refractivity contribution is 5.75. The average molecular weight is 291 g/mol. The molecule has 0 aliphatic carbocycles. The van der Waals surface area contributed by atoms with E-state index in [0.717, 1.165) is 31.6 Å². The van der Waals surface area contributed by atoms with Crippen molar-refractivity contribution >= 4 is 5.91 Å². The summed E-state index contributed by atoms with van der Waals surface area (Å²) in [6.07, 6.45) is 3.78. The first-order chi connectivity index (χ1) is 10.1. The third kappa shape index (κ3) is 5.76. The summed E-state index contributed by atoms with van der Waals surface area (Å²) in [7, 11) is 0. The number of carbonyl (C=O) groups excluding carboxylic acids is 1. The third-order valence-electron chi connectivity index (χ3n) is 3.66. The van der Waals surface area contributed by atoms with Gasteiger partial charge in [0.05, 0.1) is 12.6 Å². The molecule has 1 amide bonds. The predicted octanol–water partition coefficient (Wildman–Crippen LogP) is 2.84. The zero-order valence-corrected chi connectivity index (χ0v) is 12.9. The number of nitrogens with one attached hydrogen (secondary N) is 1. The summed E-state index contributed by atoms with van der Waals surface area (Å²) < 4.78 is 11.3.